The average Bonchev–Trinajstić information content (AvgIpc) is 2.59. The molecular weight excluding hydrogens is 188 g/mol. The Morgan fingerprint density at radius 2 is 2.40 bits per heavy atom. The first kappa shape index (κ1) is 9.77. The fraction of sp³-hybridized carbons (Fsp3) is 0.250. The molecule has 2 aromatic rings. The molecule has 0 unspecified atom stereocenters. The van der Waals surface area contributed by atoms with Crippen molar-refractivity contribution in [3.8, 4) is 0 Å². The van der Waals surface area contributed by atoms with Gasteiger partial charge in [0, 0.05) is 18.4 Å². The number of pyridine rings is 1. The van der Waals surface area contributed by atoms with Crippen molar-refractivity contribution in [2.75, 3.05) is 0 Å². The van der Waals surface area contributed by atoms with Gasteiger partial charge in [0.25, 0.3) is 5.56 Å². The Hall–Kier alpha value is -1.77. The van der Waals surface area contributed by atoms with Gasteiger partial charge in [0.05, 0.1) is 10.9 Å². The summed E-state index contributed by atoms with van der Waals surface area (Å²) in [5.74, 6) is 0. The number of allylic oxidation sites excluding steroid dienone is 1. The Morgan fingerprint density at radius 1 is 1.60 bits per heavy atom. The molecule has 0 radical (unpaired) electrons. The van der Waals surface area contributed by atoms with Crippen LogP contribution in [0.1, 0.15) is 12.6 Å². The van der Waals surface area contributed by atoms with Crippen molar-refractivity contribution in [3.05, 3.63) is 47.0 Å². The van der Waals surface area contributed by atoms with Crippen LogP contribution in [0.25, 0.3) is 10.9 Å². The van der Waals surface area contributed by atoms with Gasteiger partial charge < -0.3 is 9.55 Å². The zero-order valence-corrected chi connectivity index (χ0v) is 8.79. The molecule has 0 amide bonds. The van der Waals surface area contributed by atoms with Gasteiger partial charge in [-0.2, -0.15) is 0 Å². The first-order valence-corrected chi connectivity index (χ1v) is 5.08. The Balaban J connectivity index is 2.79. The number of fused-ring (bicyclic) bond motifs is 1. The van der Waals surface area contributed by atoms with Crippen molar-refractivity contribution in [1.82, 2.24) is 9.55 Å². The molecule has 2 aromatic heterocycles. The standard InChI is InChI=1S/C12H14N2O/c1-3-7-14-9(4-2)8-10-11(14)5-6-13-12(10)15/h3,5-6,8H,1,4,7H2,2H3,(H,13,15). The van der Waals surface area contributed by atoms with Crippen LogP contribution in [0.3, 0.4) is 0 Å². The number of hydrogen-bond acceptors (Lipinski definition) is 1. The highest BCUT2D eigenvalue weighted by Gasteiger charge is 2.07. The van der Waals surface area contributed by atoms with E-state index in [-0.39, 0.29) is 5.56 Å². The Morgan fingerprint density at radius 3 is 3.07 bits per heavy atom. The number of aromatic amines is 1. The second kappa shape index (κ2) is 3.77. The molecule has 0 aliphatic heterocycles. The molecule has 3 nitrogen and oxygen atoms in total. The summed E-state index contributed by atoms with van der Waals surface area (Å²) in [7, 11) is 0. The van der Waals surface area contributed by atoms with Gasteiger partial charge in [-0.15, -0.1) is 6.58 Å². The lowest BCUT2D eigenvalue weighted by molar-refractivity contribution is 0.796. The van der Waals surface area contributed by atoms with Crippen LogP contribution in [0.5, 0.6) is 0 Å². The van der Waals surface area contributed by atoms with Crippen LogP contribution in [0.15, 0.2) is 35.8 Å². The van der Waals surface area contributed by atoms with E-state index in [0.29, 0.717) is 0 Å². The number of aromatic nitrogens is 2. The molecule has 0 spiro atoms. The number of aryl methyl sites for hydroxylation is 1. The summed E-state index contributed by atoms with van der Waals surface area (Å²) in [6.45, 7) is 6.56. The van der Waals surface area contributed by atoms with Gasteiger partial charge in [0.15, 0.2) is 0 Å². The fourth-order valence-electron chi connectivity index (χ4n) is 1.89. The summed E-state index contributed by atoms with van der Waals surface area (Å²) in [5.41, 5.74) is 2.13. The van der Waals surface area contributed by atoms with Crippen molar-refractivity contribution in [3.63, 3.8) is 0 Å². The topological polar surface area (TPSA) is 37.8 Å². The molecule has 0 saturated carbocycles. The van der Waals surface area contributed by atoms with E-state index in [0.717, 1.165) is 23.9 Å². The van der Waals surface area contributed by atoms with Gasteiger partial charge in [-0.3, -0.25) is 4.79 Å². The average molecular weight is 202 g/mol. The molecule has 1 N–H and O–H groups in total. The number of rotatable bonds is 3. The van der Waals surface area contributed by atoms with Gasteiger partial charge in [-0.05, 0) is 18.6 Å². The highest BCUT2D eigenvalue weighted by atomic mass is 16.1. The van der Waals surface area contributed by atoms with E-state index in [9.17, 15) is 4.79 Å². The Bertz CT molecular complexity index is 548. The van der Waals surface area contributed by atoms with Crippen LogP contribution < -0.4 is 5.56 Å². The summed E-state index contributed by atoms with van der Waals surface area (Å²) in [4.78, 5) is 14.3. The Kier molecular flexibility index (Phi) is 2.46. The second-order valence-electron chi connectivity index (χ2n) is 3.49. The third kappa shape index (κ3) is 1.50. The third-order valence-electron chi connectivity index (χ3n) is 2.60. The molecule has 2 rings (SSSR count). The summed E-state index contributed by atoms with van der Waals surface area (Å²) >= 11 is 0. The first-order valence-electron chi connectivity index (χ1n) is 5.08. The van der Waals surface area contributed by atoms with E-state index in [2.05, 4.69) is 23.1 Å². The first-order chi connectivity index (χ1) is 7.27. The minimum absolute atomic E-state index is 0.0231. The SMILES string of the molecule is C=CCn1c(CC)cc2c(=O)[nH]ccc21. The zero-order chi connectivity index (χ0) is 10.8. The van der Waals surface area contributed by atoms with E-state index >= 15 is 0 Å². The summed E-state index contributed by atoms with van der Waals surface area (Å²) in [6, 6.07) is 3.89. The summed E-state index contributed by atoms with van der Waals surface area (Å²) in [5, 5.41) is 0.760. The molecule has 0 bridgehead atoms. The minimum Gasteiger partial charge on any atom is -0.341 e. The van der Waals surface area contributed by atoms with Crippen molar-refractivity contribution >= 4 is 10.9 Å². The van der Waals surface area contributed by atoms with Crippen LogP contribution in [0.2, 0.25) is 0 Å². The maximum atomic E-state index is 11.6. The molecule has 0 atom stereocenters. The molecule has 0 aromatic carbocycles. The maximum Gasteiger partial charge on any atom is 0.257 e. The largest absolute Gasteiger partial charge is 0.341 e. The van der Waals surface area contributed by atoms with Crippen molar-refractivity contribution in [2.24, 2.45) is 0 Å². The van der Waals surface area contributed by atoms with E-state index in [1.165, 1.54) is 5.69 Å². The maximum absolute atomic E-state index is 11.6. The molecule has 0 aliphatic carbocycles. The molecule has 0 saturated heterocycles. The van der Waals surface area contributed by atoms with Crippen molar-refractivity contribution < 1.29 is 0 Å². The predicted molar refractivity (Wildman–Crippen MR) is 62.1 cm³/mol. The van der Waals surface area contributed by atoms with E-state index in [4.69, 9.17) is 0 Å². The van der Waals surface area contributed by atoms with Crippen LogP contribution in [-0.4, -0.2) is 9.55 Å². The third-order valence-corrected chi connectivity index (χ3v) is 2.60. The molecule has 78 valence electrons. The van der Waals surface area contributed by atoms with Gasteiger partial charge in [0.1, 0.15) is 0 Å². The monoisotopic (exact) mass is 202 g/mol. The van der Waals surface area contributed by atoms with Gasteiger partial charge in [-0.25, -0.2) is 0 Å². The molecule has 3 heteroatoms. The van der Waals surface area contributed by atoms with Crippen LogP contribution in [-0.2, 0) is 13.0 Å². The lowest BCUT2D eigenvalue weighted by Gasteiger charge is -2.05. The van der Waals surface area contributed by atoms with Crippen molar-refractivity contribution in [2.45, 2.75) is 19.9 Å². The smallest absolute Gasteiger partial charge is 0.257 e. The molecule has 0 aliphatic rings. The summed E-state index contributed by atoms with van der Waals surface area (Å²) in [6.07, 6.45) is 4.45. The zero-order valence-electron chi connectivity index (χ0n) is 8.79. The van der Waals surface area contributed by atoms with E-state index in [1.807, 2.05) is 18.2 Å². The highest BCUT2D eigenvalue weighted by Crippen LogP contribution is 2.16. The quantitative estimate of drug-likeness (QED) is 0.760. The molecule has 0 fully saturated rings. The Labute approximate surface area is 88.0 Å². The highest BCUT2D eigenvalue weighted by molar-refractivity contribution is 5.80. The van der Waals surface area contributed by atoms with Gasteiger partial charge in [-0.1, -0.05) is 13.0 Å². The van der Waals surface area contributed by atoms with E-state index in [1.54, 1.807) is 6.20 Å². The van der Waals surface area contributed by atoms with Crippen LogP contribution in [0, 0.1) is 0 Å². The number of nitrogens with zero attached hydrogens (tertiary/aromatic N) is 1. The number of hydrogen-bond donors (Lipinski definition) is 1. The number of H-pyrrole nitrogens is 1. The molecular formula is C12H14N2O. The van der Waals surface area contributed by atoms with E-state index < -0.39 is 0 Å². The lowest BCUT2D eigenvalue weighted by Crippen LogP contribution is -2.04. The lowest BCUT2D eigenvalue weighted by atomic mass is 10.3. The minimum atomic E-state index is -0.0231. The fourth-order valence-corrected chi connectivity index (χ4v) is 1.89. The van der Waals surface area contributed by atoms with Gasteiger partial charge >= 0.3 is 0 Å². The normalized spacial score (nSPS) is 10.7. The molecule has 2 heterocycles. The molecule has 15 heavy (non-hydrogen) atoms. The van der Waals surface area contributed by atoms with Gasteiger partial charge in [0.2, 0.25) is 0 Å². The second-order valence-corrected chi connectivity index (χ2v) is 3.49. The summed E-state index contributed by atoms with van der Waals surface area (Å²) < 4.78 is 2.12. The number of nitrogens with one attached hydrogen (secondary N) is 1. The predicted octanol–water partition coefficient (Wildman–Crippen LogP) is 2.08. The van der Waals surface area contributed by atoms with Crippen LogP contribution >= 0.6 is 0 Å². The van der Waals surface area contributed by atoms with Crippen LogP contribution in [0.4, 0.5) is 0 Å². The van der Waals surface area contributed by atoms with Crippen molar-refractivity contribution in [1.29, 1.82) is 0 Å².